The molecule has 1 amide bonds. The van der Waals surface area contributed by atoms with Crippen molar-refractivity contribution in [2.45, 2.75) is 0 Å². The van der Waals surface area contributed by atoms with Crippen molar-refractivity contribution in [1.82, 2.24) is 9.97 Å². The van der Waals surface area contributed by atoms with Crippen molar-refractivity contribution in [3.05, 3.63) is 54.1 Å². The lowest BCUT2D eigenvalue weighted by molar-refractivity contribution is 0.0691. The average molecular weight is 257 g/mol. The van der Waals surface area contributed by atoms with Gasteiger partial charge in [0.15, 0.2) is 0 Å². The van der Waals surface area contributed by atoms with Gasteiger partial charge in [-0.15, -0.1) is 0 Å². The highest BCUT2D eigenvalue weighted by molar-refractivity contribution is 6.11. The van der Waals surface area contributed by atoms with E-state index >= 15 is 0 Å². The standard InChI is InChI=1S/C13H11N3O3/c1-16(9-2-5-14-6-3-9)12(17)10-4-7-15-8-11(10)13(18)19/h2-8H,1H3,(H,18,19). The van der Waals surface area contributed by atoms with Gasteiger partial charge in [-0.2, -0.15) is 0 Å². The summed E-state index contributed by atoms with van der Waals surface area (Å²) >= 11 is 0. The fraction of sp³-hybridized carbons (Fsp3) is 0.0769. The van der Waals surface area contributed by atoms with Crippen LogP contribution in [0.25, 0.3) is 0 Å². The molecule has 6 nitrogen and oxygen atoms in total. The highest BCUT2D eigenvalue weighted by Crippen LogP contribution is 2.16. The van der Waals surface area contributed by atoms with Crippen molar-refractivity contribution in [3.63, 3.8) is 0 Å². The Labute approximate surface area is 109 Å². The minimum absolute atomic E-state index is 0.0989. The molecule has 0 aliphatic heterocycles. The summed E-state index contributed by atoms with van der Waals surface area (Å²) in [5, 5.41) is 9.05. The van der Waals surface area contributed by atoms with Gasteiger partial charge in [0.05, 0.1) is 11.1 Å². The lowest BCUT2D eigenvalue weighted by Gasteiger charge is -2.17. The number of pyridine rings is 2. The molecule has 1 N–H and O–H groups in total. The van der Waals surface area contributed by atoms with Crippen molar-refractivity contribution >= 4 is 17.6 Å². The van der Waals surface area contributed by atoms with Crippen molar-refractivity contribution in [1.29, 1.82) is 0 Å². The summed E-state index contributed by atoms with van der Waals surface area (Å²) in [6.45, 7) is 0. The van der Waals surface area contributed by atoms with Crippen molar-refractivity contribution in [3.8, 4) is 0 Å². The van der Waals surface area contributed by atoms with Crippen molar-refractivity contribution in [2.75, 3.05) is 11.9 Å². The Balaban J connectivity index is 2.38. The third-order valence-electron chi connectivity index (χ3n) is 2.64. The smallest absolute Gasteiger partial charge is 0.338 e. The van der Waals surface area contributed by atoms with Gasteiger partial charge in [-0.3, -0.25) is 14.8 Å². The Hall–Kier alpha value is -2.76. The molecule has 19 heavy (non-hydrogen) atoms. The number of hydrogen-bond donors (Lipinski definition) is 1. The molecule has 0 aromatic carbocycles. The second-order valence-electron chi connectivity index (χ2n) is 3.80. The fourth-order valence-corrected chi connectivity index (χ4v) is 1.62. The van der Waals surface area contributed by atoms with E-state index in [1.807, 2.05) is 0 Å². The number of nitrogens with zero attached hydrogens (tertiary/aromatic N) is 3. The van der Waals surface area contributed by atoms with E-state index < -0.39 is 11.9 Å². The number of carbonyl (C=O) groups excluding carboxylic acids is 1. The normalized spacial score (nSPS) is 9.95. The first-order valence-corrected chi connectivity index (χ1v) is 5.46. The summed E-state index contributed by atoms with van der Waals surface area (Å²) < 4.78 is 0. The number of carbonyl (C=O) groups is 2. The van der Waals surface area contributed by atoms with Crippen LogP contribution >= 0.6 is 0 Å². The first kappa shape index (κ1) is 12.7. The SMILES string of the molecule is CN(C(=O)c1ccncc1C(=O)O)c1ccncc1. The molecule has 96 valence electrons. The zero-order valence-corrected chi connectivity index (χ0v) is 10.1. The number of hydrogen-bond acceptors (Lipinski definition) is 4. The van der Waals surface area contributed by atoms with Crippen LogP contribution in [0.2, 0.25) is 0 Å². The van der Waals surface area contributed by atoms with Gasteiger partial charge >= 0.3 is 5.97 Å². The number of anilines is 1. The van der Waals surface area contributed by atoms with Gasteiger partial charge in [-0.25, -0.2) is 4.79 Å². The Morgan fingerprint density at radius 2 is 1.68 bits per heavy atom. The molecule has 2 rings (SSSR count). The van der Waals surface area contributed by atoms with Crippen LogP contribution in [-0.2, 0) is 0 Å². The predicted molar refractivity (Wildman–Crippen MR) is 68.2 cm³/mol. The predicted octanol–water partition coefficient (Wildman–Crippen LogP) is 1.45. The minimum Gasteiger partial charge on any atom is -0.478 e. The number of aromatic carboxylic acids is 1. The highest BCUT2D eigenvalue weighted by Gasteiger charge is 2.20. The summed E-state index contributed by atoms with van der Waals surface area (Å²) in [5.41, 5.74) is 0.614. The quantitative estimate of drug-likeness (QED) is 0.899. The molecule has 0 spiro atoms. The Morgan fingerprint density at radius 1 is 1.05 bits per heavy atom. The number of aromatic nitrogens is 2. The van der Waals surface area contributed by atoms with Crippen LogP contribution in [0.15, 0.2) is 43.0 Å². The van der Waals surface area contributed by atoms with E-state index in [-0.39, 0.29) is 11.1 Å². The van der Waals surface area contributed by atoms with Gasteiger partial charge in [0.25, 0.3) is 5.91 Å². The molecule has 0 aliphatic rings. The molecule has 0 unspecified atom stereocenters. The molecular formula is C13H11N3O3. The molecule has 0 atom stereocenters. The molecule has 0 fully saturated rings. The highest BCUT2D eigenvalue weighted by atomic mass is 16.4. The van der Waals surface area contributed by atoms with E-state index in [2.05, 4.69) is 9.97 Å². The van der Waals surface area contributed by atoms with Crippen LogP contribution in [0.4, 0.5) is 5.69 Å². The van der Waals surface area contributed by atoms with Crippen LogP contribution in [0, 0.1) is 0 Å². The monoisotopic (exact) mass is 257 g/mol. The summed E-state index contributed by atoms with van der Waals surface area (Å²) in [4.78, 5) is 32.3. The van der Waals surface area contributed by atoms with Crippen molar-refractivity contribution < 1.29 is 14.7 Å². The molecule has 0 saturated heterocycles. The Kier molecular flexibility index (Phi) is 3.51. The van der Waals surface area contributed by atoms with Gasteiger partial charge in [0, 0.05) is 37.5 Å². The molecule has 2 aromatic rings. The van der Waals surface area contributed by atoms with Crippen molar-refractivity contribution in [2.24, 2.45) is 0 Å². The maximum Gasteiger partial charge on any atom is 0.338 e. The van der Waals surface area contributed by atoms with Gasteiger partial charge in [-0.05, 0) is 18.2 Å². The lowest BCUT2D eigenvalue weighted by Crippen LogP contribution is -2.28. The summed E-state index contributed by atoms with van der Waals surface area (Å²) in [6.07, 6.45) is 5.67. The molecule has 2 aromatic heterocycles. The first-order chi connectivity index (χ1) is 9.11. The second kappa shape index (κ2) is 5.26. The third-order valence-corrected chi connectivity index (χ3v) is 2.64. The zero-order chi connectivity index (χ0) is 13.8. The van der Waals surface area contributed by atoms with E-state index in [4.69, 9.17) is 5.11 Å². The molecule has 6 heteroatoms. The third kappa shape index (κ3) is 2.57. The second-order valence-corrected chi connectivity index (χ2v) is 3.80. The van der Waals surface area contributed by atoms with Gasteiger partial charge < -0.3 is 10.0 Å². The zero-order valence-electron chi connectivity index (χ0n) is 10.1. The van der Waals surface area contributed by atoms with E-state index in [0.29, 0.717) is 5.69 Å². The minimum atomic E-state index is -1.18. The lowest BCUT2D eigenvalue weighted by atomic mass is 10.1. The topological polar surface area (TPSA) is 83.4 Å². The molecular weight excluding hydrogens is 246 g/mol. The summed E-state index contributed by atoms with van der Waals surface area (Å²) in [7, 11) is 1.57. The van der Waals surface area contributed by atoms with Crippen LogP contribution < -0.4 is 4.90 Å². The van der Waals surface area contributed by atoms with Crippen LogP contribution in [0.3, 0.4) is 0 Å². The first-order valence-electron chi connectivity index (χ1n) is 5.46. The molecule has 0 bridgehead atoms. The number of carboxylic acids is 1. The molecule has 0 saturated carbocycles. The van der Waals surface area contributed by atoms with Crippen LogP contribution in [0.1, 0.15) is 20.7 Å². The fourth-order valence-electron chi connectivity index (χ4n) is 1.62. The summed E-state index contributed by atoms with van der Waals surface area (Å²) in [6, 6.07) is 4.72. The van der Waals surface area contributed by atoms with Gasteiger partial charge in [0.1, 0.15) is 0 Å². The summed E-state index contributed by atoms with van der Waals surface area (Å²) in [5.74, 6) is -1.59. The van der Waals surface area contributed by atoms with E-state index in [9.17, 15) is 9.59 Å². The van der Waals surface area contributed by atoms with Gasteiger partial charge in [-0.1, -0.05) is 0 Å². The molecule has 0 aliphatic carbocycles. The Bertz CT molecular complexity index is 614. The number of rotatable bonds is 3. The number of carboxylic acid groups (broad SMARTS) is 1. The Morgan fingerprint density at radius 3 is 2.32 bits per heavy atom. The largest absolute Gasteiger partial charge is 0.478 e. The molecule has 2 heterocycles. The van der Waals surface area contributed by atoms with Crippen LogP contribution in [0.5, 0.6) is 0 Å². The van der Waals surface area contributed by atoms with Crippen LogP contribution in [-0.4, -0.2) is 34.0 Å². The van der Waals surface area contributed by atoms with E-state index in [0.717, 1.165) is 6.20 Å². The van der Waals surface area contributed by atoms with Gasteiger partial charge in [0.2, 0.25) is 0 Å². The number of amides is 1. The van der Waals surface area contributed by atoms with E-state index in [1.54, 1.807) is 31.6 Å². The average Bonchev–Trinajstić information content (AvgIpc) is 2.46. The maximum atomic E-state index is 12.3. The molecule has 0 radical (unpaired) electrons. The van der Waals surface area contributed by atoms with E-state index in [1.165, 1.54) is 17.2 Å². The maximum absolute atomic E-state index is 12.3.